The van der Waals surface area contributed by atoms with Crippen molar-refractivity contribution in [2.45, 2.75) is 6.42 Å². The maximum absolute atomic E-state index is 10.6. The second-order valence-corrected chi connectivity index (χ2v) is 2.90. The maximum Gasteiger partial charge on any atom is 0.339 e. The predicted molar refractivity (Wildman–Crippen MR) is 50.0 cm³/mol. The van der Waals surface area contributed by atoms with Gasteiger partial charge in [0.1, 0.15) is 11.4 Å². The topological polar surface area (TPSA) is 76.2 Å². The fourth-order valence-corrected chi connectivity index (χ4v) is 1.15. The number of aryl methyl sites for hydroxylation is 1. The molecule has 0 aromatic carbocycles. The van der Waals surface area contributed by atoms with Crippen LogP contribution in [-0.4, -0.2) is 21.9 Å². The Kier molecular flexibility index (Phi) is 3.08. The van der Waals surface area contributed by atoms with E-state index in [2.05, 4.69) is 4.98 Å². The van der Waals surface area contributed by atoms with Gasteiger partial charge in [-0.15, -0.1) is 11.6 Å². The molecule has 0 aliphatic carbocycles. The molecule has 70 valence electrons. The molecular weight excluding hydrogens is 192 g/mol. The van der Waals surface area contributed by atoms with Crippen molar-refractivity contribution >= 4 is 23.4 Å². The first-order valence-electron chi connectivity index (χ1n) is 3.69. The Morgan fingerprint density at radius 2 is 2.38 bits per heavy atom. The summed E-state index contributed by atoms with van der Waals surface area (Å²) >= 11 is 5.50. The predicted octanol–water partition coefficient (Wildman–Crippen LogP) is 1.14. The highest BCUT2D eigenvalue weighted by molar-refractivity contribution is 6.18. The number of rotatable bonds is 3. The highest BCUT2D eigenvalue weighted by Gasteiger charge is 2.09. The quantitative estimate of drug-likeness (QED) is 0.718. The van der Waals surface area contributed by atoms with E-state index in [1.807, 2.05) is 0 Å². The molecule has 0 aliphatic rings. The first kappa shape index (κ1) is 9.80. The zero-order valence-corrected chi connectivity index (χ0v) is 7.58. The number of aromatic carboxylic acids is 1. The van der Waals surface area contributed by atoms with E-state index < -0.39 is 5.97 Å². The van der Waals surface area contributed by atoms with Gasteiger partial charge in [0.2, 0.25) is 0 Å². The summed E-state index contributed by atoms with van der Waals surface area (Å²) in [6.07, 6.45) is 2.12. The molecule has 1 heterocycles. The lowest BCUT2D eigenvalue weighted by molar-refractivity contribution is 0.0697. The minimum atomic E-state index is -1.07. The summed E-state index contributed by atoms with van der Waals surface area (Å²) in [7, 11) is 0. The third-order valence-corrected chi connectivity index (χ3v) is 1.78. The van der Waals surface area contributed by atoms with Crippen molar-refractivity contribution < 1.29 is 9.90 Å². The number of nitrogens with zero attached hydrogens (tertiary/aromatic N) is 1. The highest BCUT2D eigenvalue weighted by Crippen LogP contribution is 2.11. The Morgan fingerprint density at radius 3 is 2.92 bits per heavy atom. The highest BCUT2D eigenvalue weighted by atomic mass is 35.5. The fraction of sp³-hybridized carbons (Fsp3) is 0.250. The van der Waals surface area contributed by atoms with Crippen LogP contribution in [-0.2, 0) is 6.42 Å². The Morgan fingerprint density at radius 1 is 1.69 bits per heavy atom. The molecule has 0 saturated carbocycles. The lowest BCUT2D eigenvalue weighted by atomic mass is 10.1. The average Bonchev–Trinajstić information content (AvgIpc) is 2.08. The first-order chi connectivity index (χ1) is 6.15. The van der Waals surface area contributed by atoms with E-state index in [0.29, 0.717) is 12.3 Å². The van der Waals surface area contributed by atoms with Crippen molar-refractivity contribution in [1.82, 2.24) is 4.98 Å². The minimum Gasteiger partial charge on any atom is -0.478 e. The second-order valence-electron chi connectivity index (χ2n) is 2.52. The van der Waals surface area contributed by atoms with Gasteiger partial charge in [-0.25, -0.2) is 9.78 Å². The number of anilines is 1. The molecular formula is C8H9ClN2O2. The summed E-state index contributed by atoms with van der Waals surface area (Å²) in [6, 6.07) is 1.49. The molecule has 0 spiro atoms. The van der Waals surface area contributed by atoms with Crippen LogP contribution in [0.3, 0.4) is 0 Å². The standard InChI is InChI=1S/C8H9ClN2O2/c9-2-1-5-3-6(8(12)13)7(10)11-4-5/h3-4H,1-2H2,(H2,10,11)(H,12,13). The minimum absolute atomic E-state index is 0.0302. The summed E-state index contributed by atoms with van der Waals surface area (Å²) < 4.78 is 0. The Balaban J connectivity index is 3.04. The van der Waals surface area contributed by atoms with Crippen molar-refractivity contribution in [1.29, 1.82) is 0 Å². The molecule has 0 unspecified atom stereocenters. The van der Waals surface area contributed by atoms with Gasteiger partial charge < -0.3 is 10.8 Å². The number of aromatic nitrogens is 1. The SMILES string of the molecule is Nc1ncc(CCCl)cc1C(=O)O. The van der Waals surface area contributed by atoms with E-state index in [1.54, 1.807) is 0 Å². The molecule has 5 heteroatoms. The lowest BCUT2D eigenvalue weighted by Gasteiger charge is -2.02. The van der Waals surface area contributed by atoms with Crippen LogP contribution in [0, 0.1) is 0 Å². The third kappa shape index (κ3) is 2.32. The van der Waals surface area contributed by atoms with Crippen LogP contribution in [0.15, 0.2) is 12.3 Å². The Bertz CT molecular complexity index is 328. The molecule has 1 aromatic rings. The molecule has 1 rings (SSSR count). The molecule has 4 nitrogen and oxygen atoms in total. The largest absolute Gasteiger partial charge is 0.478 e. The van der Waals surface area contributed by atoms with Crippen LogP contribution >= 0.6 is 11.6 Å². The van der Waals surface area contributed by atoms with E-state index >= 15 is 0 Å². The Hall–Kier alpha value is -1.29. The number of halogens is 1. The van der Waals surface area contributed by atoms with Gasteiger partial charge in [0.15, 0.2) is 0 Å². The molecule has 1 aromatic heterocycles. The molecule has 0 aliphatic heterocycles. The fourth-order valence-electron chi connectivity index (χ4n) is 0.936. The molecule has 0 amide bonds. The molecule has 0 bridgehead atoms. The van der Waals surface area contributed by atoms with Gasteiger partial charge in [0, 0.05) is 12.1 Å². The molecule has 0 fully saturated rings. The summed E-state index contributed by atoms with van der Waals surface area (Å²) in [5, 5.41) is 8.71. The monoisotopic (exact) mass is 200 g/mol. The lowest BCUT2D eigenvalue weighted by Crippen LogP contribution is -2.05. The number of nitrogens with two attached hydrogens (primary N) is 1. The smallest absolute Gasteiger partial charge is 0.339 e. The van der Waals surface area contributed by atoms with Gasteiger partial charge in [-0.2, -0.15) is 0 Å². The summed E-state index contributed by atoms with van der Waals surface area (Å²) in [4.78, 5) is 14.4. The molecule has 3 N–H and O–H groups in total. The van der Waals surface area contributed by atoms with Gasteiger partial charge in [0.25, 0.3) is 0 Å². The zero-order valence-electron chi connectivity index (χ0n) is 6.83. The van der Waals surface area contributed by atoms with Crippen LogP contribution in [0.4, 0.5) is 5.82 Å². The van der Waals surface area contributed by atoms with Gasteiger partial charge >= 0.3 is 5.97 Å². The number of carboxylic acid groups (broad SMARTS) is 1. The number of carboxylic acids is 1. The summed E-state index contributed by atoms with van der Waals surface area (Å²) in [5.41, 5.74) is 6.17. The van der Waals surface area contributed by atoms with Crippen LogP contribution < -0.4 is 5.73 Å². The summed E-state index contributed by atoms with van der Waals surface area (Å²) in [5.74, 6) is -0.600. The van der Waals surface area contributed by atoms with Crippen molar-refractivity contribution in [3.63, 3.8) is 0 Å². The zero-order chi connectivity index (χ0) is 9.84. The number of hydrogen-bond donors (Lipinski definition) is 2. The number of alkyl halides is 1. The van der Waals surface area contributed by atoms with Crippen LogP contribution in [0.25, 0.3) is 0 Å². The number of carbonyl (C=O) groups is 1. The molecule has 13 heavy (non-hydrogen) atoms. The molecule has 0 radical (unpaired) electrons. The van der Waals surface area contributed by atoms with E-state index in [0.717, 1.165) is 5.56 Å². The van der Waals surface area contributed by atoms with E-state index in [4.69, 9.17) is 22.4 Å². The number of nitrogen functional groups attached to an aromatic ring is 1. The number of pyridine rings is 1. The van der Waals surface area contributed by atoms with Crippen molar-refractivity contribution in [3.05, 3.63) is 23.4 Å². The summed E-state index contributed by atoms with van der Waals surface area (Å²) in [6.45, 7) is 0. The van der Waals surface area contributed by atoms with E-state index in [-0.39, 0.29) is 11.4 Å². The molecule has 0 atom stereocenters. The van der Waals surface area contributed by atoms with Gasteiger partial charge in [-0.3, -0.25) is 0 Å². The Labute approximate surface area is 80.3 Å². The van der Waals surface area contributed by atoms with Gasteiger partial charge in [0.05, 0.1) is 0 Å². The van der Waals surface area contributed by atoms with E-state index in [9.17, 15) is 4.79 Å². The second kappa shape index (κ2) is 4.09. The van der Waals surface area contributed by atoms with Gasteiger partial charge in [-0.05, 0) is 18.1 Å². The van der Waals surface area contributed by atoms with Crippen LogP contribution in [0.5, 0.6) is 0 Å². The maximum atomic E-state index is 10.6. The first-order valence-corrected chi connectivity index (χ1v) is 4.22. The van der Waals surface area contributed by atoms with Crippen molar-refractivity contribution in [3.8, 4) is 0 Å². The van der Waals surface area contributed by atoms with Crippen LogP contribution in [0.1, 0.15) is 15.9 Å². The third-order valence-electron chi connectivity index (χ3n) is 1.59. The average molecular weight is 201 g/mol. The van der Waals surface area contributed by atoms with E-state index in [1.165, 1.54) is 12.3 Å². The van der Waals surface area contributed by atoms with Crippen molar-refractivity contribution in [2.24, 2.45) is 0 Å². The normalized spacial score (nSPS) is 9.92. The van der Waals surface area contributed by atoms with Crippen molar-refractivity contribution in [2.75, 3.05) is 11.6 Å². The van der Waals surface area contributed by atoms with Crippen LogP contribution in [0.2, 0.25) is 0 Å². The molecule has 0 saturated heterocycles. The number of hydrogen-bond acceptors (Lipinski definition) is 3. The van der Waals surface area contributed by atoms with Gasteiger partial charge in [-0.1, -0.05) is 0 Å².